The first-order chi connectivity index (χ1) is 7.66. The smallest absolute Gasteiger partial charge is 0.232 e. The number of aromatic nitrogens is 3. The predicted molar refractivity (Wildman–Crippen MR) is 63.4 cm³/mol. The molecule has 5 nitrogen and oxygen atoms in total. The largest absolute Gasteiger partial charge is 0.368 e. The molecule has 2 aromatic rings. The van der Waals surface area contributed by atoms with E-state index in [1.807, 2.05) is 32.0 Å². The van der Waals surface area contributed by atoms with Crippen LogP contribution in [0.25, 0.3) is 0 Å². The highest BCUT2D eigenvalue weighted by Gasteiger charge is 2.04. The molecule has 3 N–H and O–H groups in total. The Hall–Kier alpha value is -2.17. The fraction of sp³-hybridized carbons (Fsp3) is 0.182. The highest BCUT2D eigenvalue weighted by Crippen LogP contribution is 2.22. The van der Waals surface area contributed by atoms with Gasteiger partial charge in [0.05, 0.1) is 0 Å². The van der Waals surface area contributed by atoms with E-state index in [-0.39, 0.29) is 5.95 Å². The van der Waals surface area contributed by atoms with Gasteiger partial charge < -0.3 is 11.1 Å². The normalized spacial score (nSPS) is 10.1. The number of anilines is 3. The standard InChI is InChI=1S/C11H13N5/c1-7-4-3-5-8(2)9(7)15-11-14-6-13-10(12)16-11/h3-6H,1-2H3,(H3,12,13,14,15,16). The van der Waals surface area contributed by atoms with E-state index in [1.165, 1.54) is 6.33 Å². The Morgan fingerprint density at radius 2 is 1.81 bits per heavy atom. The fourth-order valence-corrected chi connectivity index (χ4v) is 1.49. The topological polar surface area (TPSA) is 76.7 Å². The number of hydrogen-bond donors (Lipinski definition) is 2. The molecule has 0 aliphatic carbocycles. The first-order valence-electron chi connectivity index (χ1n) is 4.94. The van der Waals surface area contributed by atoms with Gasteiger partial charge in [-0.05, 0) is 25.0 Å². The van der Waals surface area contributed by atoms with Crippen molar-refractivity contribution in [2.75, 3.05) is 11.1 Å². The lowest BCUT2D eigenvalue weighted by molar-refractivity contribution is 1.06. The molecule has 0 amide bonds. The Kier molecular flexibility index (Phi) is 2.68. The molecule has 0 unspecified atom stereocenters. The summed E-state index contributed by atoms with van der Waals surface area (Å²) < 4.78 is 0. The maximum absolute atomic E-state index is 5.49. The van der Waals surface area contributed by atoms with Gasteiger partial charge in [0, 0.05) is 5.69 Å². The summed E-state index contributed by atoms with van der Waals surface area (Å²) in [7, 11) is 0. The van der Waals surface area contributed by atoms with E-state index in [0.717, 1.165) is 16.8 Å². The second-order valence-corrected chi connectivity index (χ2v) is 3.56. The van der Waals surface area contributed by atoms with Crippen LogP contribution < -0.4 is 11.1 Å². The zero-order valence-corrected chi connectivity index (χ0v) is 9.23. The summed E-state index contributed by atoms with van der Waals surface area (Å²) in [6, 6.07) is 6.07. The monoisotopic (exact) mass is 215 g/mol. The SMILES string of the molecule is Cc1cccc(C)c1Nc1ncnc(N)n1. The fourth-order valence-electron chi connectivity index (χ4n) is 1.49. The second kappa shape index (κ2) is 4.14. The molecule has 1 aromatic heterocycles. The molecule has 0 bridgehead atoms. The van der Waals surface area contributed by atoms with Crippen molar-refractivity contribution in [1.29, 1.82) is 0 Å². The molecule has 1 heterocycles. The van der Waals surface area contributed by atoms with Crippen molar-refractivity contribution >= 4 is 17.6 Å². The van der Waals surface area contributed by atoms with E-state index >= 15 is 0 Å². The molecule has 16 heavy (non-hydrogen) atoms. The number of aryl methyl sites for hydroxylation is 2. The minimum absolute atomic E-state index is 0.212. The molecule has 0 atom stereocenters. The van der Waals surface area contributed by atoms with Crippen molar-refractivity contribution in [3.05, 3.63) is 35.7 Å². The van der Waals surface area contributed by atoms with Crippen molar-refractivity contribution < 1.29 is 0 Å². The summed E-state index contributed by atoms with van der Waals surface area (Å²) in [6.07, 6.45) is 1.39. The number of hydrogen-bond acceptors (Lipinski definition) is 5. The number of para-hydroxylation sites is 1. The van der Waals surface area contributed by atoms with Gasteiger partial charge in [-0.3, -0.25) is 0 Å². The van der Waals surface area contributed by atoms with Gasteiger partial charge in [0.2, 0.25) is 11.9 Å². The first-order valence-corrected chi connectivity index (χ1v) is 4.94. The van der Waals surface area contributed by atoms with E-state index in [1.54, 1.807) is 0 Å². The van der Waals surface area contributed by atoms with E-state index in [4.69, 9.17) is 5.73 Å². The highest BCUT2D eigenvalue weighted by atomic mass is 15.2. The van der Waals surface area contributed by atoms with E-state index in [2.05, 4.69) is 20.3 Å². The summed E-state index contributed by atoms with van der Waals surface area (Å²) in [5.41, 5.74) is 8.77. The number of nitrogen functional groups attached to an aromatic ring is 1. The predicted octanol–water partition coefficient (Wildman–Crippen LogP) is 1.81. The Morgan fingerprint density at radius 1 is 1.12 bits per heavy atom. The van der Waals surface area contributed by atoms with Crippen molar-refractivity contribution in [1.82, 2.24) is 15.0 Å². The second-order valence-electron chi connectivity index (χ2n) is 3.56. The molecule has 0 aliphatic heterocycles. The Bertz CT molecular complexity index is 489. The average molecular weight is 215 g/mol. The Balaban J connectivity index is 2.34. The van der Waals surface area contributed by atoms with Crippen LogP contribution >= 0.6 is 0 Å². The lowest BCUT2D eigenvalue weighted by Crippen LogP contribution is -2.03. The molecular weight excluding hydrogens is 202 g/mol. The maximum Gasteiger partial charge on any atom is 0.232 e. The molecule has 5 heteroatoms. The summed E-state index contributed by atoms with van der Waals surface area (Å²) >= 11 is 0. The number of benzene rings is 1. The first kappa shape index (κ1) is 10.4. The van der Waals surface area contributed by atoms with Crippen molar-refractivity contribution in [2.24, 2.45) is 0 Å². The van der Waals surface area contributed by atoms with E-state index in [9.17, 15) is 0 Å². The van der Waals surface area contributed by atoms with Crippen LogP contribution in [0.15, 0.2) is 24.5 Å². The zero-order chi connectivity index (χ0) is 11.5. The van der Waals surface area contributed by atoms with Crippen LogP contribution in [0, 0.1) is 13.8 Å². The lowest BCUT2D eigenvalue weighted by Gasteiger charge is -2.10. The van der Waals surface area contributed by atoms with Crippen LogP contribution in [0.3, 0.4) is 0 Å². The van der Waals surface area contributed by atoms with Gasteiger partial charge in [-0.1, -0.05) is 18.2 Å². The molecule has 0 radical (unpaired) electrons. The molecule has 2 rings (SSSR count). The van der Waals surface area contributed by atoms with Crippen molar-refractivity contribution in [3.63, 3.8) is 0 Å². The van der Waals surface area contributed by atoms with Crippen LogP contribution in [0.5, 0.6) is 0 Å². The van der Waals surface area contributed by atoms with Gasteiger partial charge in [0.1, 0.15) is 6.33 Å². The van der Waals surface area contributed by atoms with Crippen LogP contribution in [-0.2, 0) is 0 Å². The third-order valence-corrected chi connectivity index (χ3v) is 2.31. The number of nitrogens with one attached hydrogen (secondary N) is 1. The third-order valence-electron chi connectivity index (χ3n) is 2.31. The summed E-state index contributed by atoms with van der Waals surface area (Å²) in [4.78, 5) is 11.7. The van der Waals surface area contributed by atoms with Crippen molar-refractivity contribution in [2.45, 2.75) is 13.8 Å². The molecule has 0 aliphatic rings. The maximum atomic E-state index is 5.49. The third kappa shape index (κ3) is 2.08. The summed E-state index contributed by atoms with van der Waals surface area (Å²) in [6.45, 7) is 4.06. The quantitative estimate of drug-likeness (QED) is 0.799. The van der Waals surface area contributed by atoms with Gasteiger partial charge in [-0.2, -0.15) is 4.98 Å². The van der Waals surface area contributed by atoms with Crippen LogP contribution in [0.4, 0.5) is 17.6 Å². The molecule has 0 saturated heterocycles. The Labute approximate surface area is 93.8 Å². The molecule has 82 valence electrons. The highest BCUT2D eigenvalue weighted by molar-refractivity contribution is 5.62. The molecule has 0 fully saturated rings. The van der Waals surface area contributed by atoms with Crippen LogP contribution in [-0.4, -0.2) is 15.0 Å². The number of rotatable bonds is 2. The number of nitrogens with two attached hydrogens (primary N) is 1. The van der Waals surface area contributed by atoms with Crippen molar-refractivity contribution in [3.8, 4) is 0 Å². The van der Waals surface area contributed by atoms with E-state index in [0.29, 0.717) is 5.95 Å². The van der Waals surface area contributed by atoms with Gasteiger partial charge in [-0.15, -0.1) is 0 Å². The van der Waals surface area contributed by atoms with Gasteiger partial charge in [0.25, 0.3) is 0 Å². The minimum atomic E-state index is 0.212. The minimum Gasteiger partial charge on any atom is -0.368 e. The molecular formula is C11H13N5. The molecule has 1 aromatic carbocycles. The van der Waals surface area contributed by atoms with Gasteiger partial charge in [0.15, 0.2) is 0 Å². The van der Waals surface area contributed by atoms with Crippen LogP contribution in [0.1, 0.15) is 11.1 Å². The van der Waals surface area contributed by atoms with Gasteiger partial charge in [-0.25, -0.2) is 9.97 Å². The zero-order valence-electron chi connectivity index (χ0n) is 9.23. The summed E-state index contributed by atoms with van der Waals surface area (Å²) in [5, 5.41) is 3.14. The Morgan fingerprint density at radius 3 is 2.44 bits per heavy atom. The summed E-state index contributed by atoms with van der Waals surface area (Å²) in [5.74, 6) is 0.675. The van der Waals surface area contributed by atoms with Gasteiger partial charge >= 0.3 is 0 Å². The molecule has 0 saturated carbocycles. The number of nitrogens with zero attached hydrogens (tertiary/aromatic N) is 3. The van der Waals surface area contributed by atoms with E-state index < -0.39 is 0 Å². The molecule has 0 spiro atoms. The lowest BCUT2D eigenvalue weighted by atomic mass is 10.1. The van der Waals surface area contributed by atoms with Crippen LogP contribution in [0.2, 0.25) is 0 Å². The average Bonchev–Trinajstić information content (AvgIpc) is 2.24.